The Morgan fingerprint density at radius 1 is 1.10 bits per heavy atom. The second kappa shape index (κ2) is 4.74. The van der Waals surface area contributed by atoms with Crippen LogP contribution in [-0.2, 0) is 0 Å². The molecule has 2 heterocycles. The first-order valence-electron chi connectivity index (χ1n) is 6.22. The lowest BCUT2D eigenvalue weighted by Gasteiger charge is -2.11. The number of rotatable bonds is 2. The van der Waals surface area contributed by atoms with Gasteiger partial charge in [0.05, 0.1) is 11.3 Å². The lowest BCUT2D eigenvalue weighted by Crippen LogP contribution is -2.05. The van der Waals surface area contributed by atoms with Gasteiger partial charge in [-0.3, -0.25) is 0 Å². The van der Waals surface area contributed by atoms with Crippen LogP contribution in [0.3, 0.4) is 0 Å². The molecule has 0 aliphatic carbocycles. The Balaban J connectivity index is 2.40. The molecule has 0 aliphatic heterocycles. The van der Waals surface area contributed by atoms with Crippen LogP contribution in [0.4, 0.5) is 0 Å². The summed E-state index contributed by atoms with van der Waals surface area (Å²) in [6.45, 7) is 1.78. The predicted molar refractivity (Wildman–Crippen MR) is 76.7 cm³/mol. The molecule has 0 amide bonds. The van der Waals surface area contributed by atoms with Crippen molar-refractivity contribution in [2.24, 2.45) is 0 Å². The predicted octanol–water partition coefficient (Wildman–Crippen LogP) is 3.30. The summed E-state index contributed by atoms with van der Waals surface area (Å²) in [4.78, 5) is 20.3. The van der Waals surface area contributed by atoms with E-state index in [1.54, 1.807) is 25.3 Å². The van der Waals surface area contributed by atoms with Crippen LogP contribution < -0.4 is 0 Å². The Morgan fingerprint density at radius 3 is 2.55 bits per heavy atom. The summed E-state index contributed by atoms with van der Waals surface area (Å²) in [7, 11) is 0. The Labute approximate surface area is 115 Å². The molecule has 98 valence electrons. The van der Waals surface area contributed by atoms with Crippen molar-refractivity contribution < 1.29 is 9.90 Å². The molecule has 0 saturated carbocycles. The lowest BCUT2D eigenvalue weighted by atomic mass is 9.99. The maximum Gasteiger partial charge on any atom is 0.336 e. The molecule has 0 bridgehead atoms. The van der Waals surface area contributed by atoms with Crippen LogP contribution in [0.25, 0.3) is 22.3 Å². The first-order valence-corrected chi connectivity index (χ1v) is 6.22. The Morgan fingerprint density at radius 2 is 1.85 bits per heavy atom. The third-order valence-electron chi connectivity index (χ3n) is 3.27. The van der Waals surface area contributed by atoms with Gasteiger partial charge in [0.25, 0.3) is 0 Å². The summed E-state index contributed by atoms with van der Waals surface area (Å²) in [6, 6.07) is 13.0. The van der Waals surface area contributed by atoms with Gasteiger partial charge < -0.3 is 5.11 Å². The molecule has 0 fully saturated rings. The Kier molecular flexibility index (Phi) is 2.91. The minimum atomic E-state index is -0.958. The van der Waals surface area contributed by atoms with Crippen molar-refractivity contribution in [3.8, 4) is 11.3 Å². The molecule has 0 radical (unpaired) electrons. The van der Waals surface area contributed by atoms with Crippen LogP contribution in [0.2, 0.25) is 0 Å². The van der Waals surface area contributed by atoms with Gasteiger partial charge >= 0.3 is 5.97 Å². The maximum absolute atomic E-state index is 11.6. The van der Waals surface area contributed by atoms with Crippen molar-refractivity contribution in [3.05, 3.63) is 59.8 Å². The van der Waals surface area contributed by atoms with E-state index in [-0.39, 0.29) is 5.56 Å². The number of carbonyl (C=O) groups is 1. The van der Waals surface area contributed by atoms with Crippen LogP contribution in [0.15, 0.2) is 48.7 Å². The van der Waals surface area contributed by atoms with E-state index in [9.17, 15) is 9.90 Å². The third-order valence-corrected chi connectivity index (χ3v) is 3.27. The van der Waals surface area contributed by atoms with Gasteiger partial charge in [-0.1, -0.05) is 30.3 Å². The van der Waals surface area contributed by atoms with E-state index in [0.717, 1.165) is 5.56 Å². The van der Waals surface area contributed by atoms with E-state index in [2.05, 4.69) is 9.97 Å². The molecule has 4 nitrogen and oxygen atoms in total. The number of nitrogens with zero attached hydrogens (tertiary/aromatic N) is 2. The number of pyridine rings is 2. The zero-order valence-corrected chi connectivity index (χ0v) is 10.9. The van der Waals surface area contributed by atoms with E-state index >= 15 is 0 Å². The molecule has 4 heteroatoms. The summed E-state index contributed by atoms with van der Waals surface area (Å²) in [5, 5.41) is 10.0. The molecule has 1 aromatic carbocycles. The lowest BCUT2D eigenvalue weighted by molar-refractivity contribution is 0.0698. The zero-order valence-electron chi connectivity index (χ0n) is 10.9. The van der Waals surface area contributed by atoms with Crippen LogP contribution in [-0.4, -0.2) is 21.0 Å². The summed E-state index contributed by atoms with van der Waals surface area (Å²) in [6.07, 6.45) is 1.62. The number of benzene rings is 1. The highest BCUT2D eigenvalue weighted by atomic mass is 16.4. The number of hydrogen-bond donors (Lipinski definition) is 1. The maximum atomic E-state index is 11.6. The number of hydrogen-bond acceptors (Lipinski definition) is 3. The molecule has 2 aromatic heterocycles. The van der Waals surface area contributed by atoms with Gasteiger partial charge in [-0.2, -0.15) is 0 Å². The first-order chi connectivity index (χ1) is 9.68. The van der Waals surface area contributed by atoms with E-state index < -0.39 is 5.97 Å². The monoisotopic (exact) mass is 264 g/mol. The third kappa shape index (κ3) is 1.91. The van der Waals surface area contributed by atoms with Gasteiger partial charge in [0.15, 0.2) is 5.65 Å². The van der Waals surface area contributed by atoms with Crippen LogP contribution >= 0.6 is 0 Å². The van der Waals surface area contributed by atoms with Crippen LogP contribution in [0, 0.1) is 6.92 Å². The fraction of sp³-hybridized carbons (Fsp3) is 0.0625. The minimum Gasteiger partial charge on any atom is -0.478 e. The van der Waals surface area contributed by atoms with E-state index in [1.165, 1.54) is 0 Å². The highest BCUT2D eigenvalue weighted by Gasteiger charge is 2.18. The average molecular weight is 264 g/mol. The first kappa shape index (κ1) is 12.3. The summed E-state index contributed by atoms with van der Waals surface area (Å²) >= 11 is 0. The van der Waals surface area contributed by atoms with Gasteiger partial charge in [0.1, 0.15) is 0 Å². The molecule has 3 rings (SSSR count). The van der Waals surface area contributed by atoms with Crippen LogP contribution in [0.5, 0.6) is 0 Å². The van der Waals surface area contributed by atoms with E-state index in [0.29, 0.717) is 22.3 Å². The van der Waals surface area contributed by atoms with Gasteiger partial charge in [-0.05, 0) is 24.6 Å². The van der Waals surface area contributed by atoms with Crippen LogP contribution in [0.1, 0.15) is 15.9 Å². The van der Waals surface area contributed by atoms with Crippen molar-refractivity contribution in [2.75, 3.05) is 0 Å². The fourth-order valence-electron chi connectivity index (χ4n) is 2.34. The van der Waals surface area contributed by atoms with Crippen molar-refractivity contribution in [1.82, 2.24) is 9.97 Å². The summed E-state index contributed by atoms with van der Waals surface area (Å²) in [5.74, 6) is -0.958. The average Bonchev–Trinajstić information content (AvgIpc) is 2.47. The molecule has 0 spiro atoms. The Hall–Kier alpha value is -2.75. The molecule has 1 N–H and O–H groups in total. The molecular weight excluding hydrogens is 252 g/mol. The van der Waals surface area contributed by atoms with Crippen molar-refractivity contribution in [3.63, 3.8) is 0 Å². The fourth-order valence-corrected chi connectivity index (χ4v) is 2.34. The smallest absolute Gasteiger partial charge is 0.336 e. The molecule has 20 heavy (non-hydrogen) atoms. The van der Waals surface area contributed by atoms with Gasteiger partial charge in [-0.25, -0.2) is 14.8 Å². The quantitative estimate of drug-likeness (QED) is 0.771. The normalized spacial score (nSPS) is 10.7. The molecular formula is C16H12N2O2. The molecule has 3 aromatic rings. The molecule has 0 aliphatic rings. The Bertz CT molecular complexity index is 798. The zero-order chi connectivity index (χ0) is 14.1. The molecule has 0 saturated heterocycles. The number of aromatic carboxylic acids is 1. The summed E-state index contributed by atoms with van der Waals surface area (Å²) in [5.41, 5.74) is 2.93. The van der Waals surface area contributed by atoms with Crippen molar-refractivity contribution in [1.29, 1.82) is 0 Å². The summed E-state index contributed by atoms with van der Waals surface area (Å²) < 4.78 is 0. The number of aromatic nitrogens is 2. The van der Waals surface area contributed by atoms with Crippen molar-refractivity contribution in [2.45, 2.75) is 6.92 Å². The molecule has 0 unspecified atom stereocenters. The minimum absolute atomic E-state index is 0.266. The number of carboxylic acid groups (broad SMARTS) is 1. The largest absolute Gasteiger partial charge is 0.478 e. The van der Waals surface area contributed by atoms with Gasteiger partial charge in [0, 0.05) is 17.1 Å². The standard InChI is InChI=1S/C16H12N2O2/c1-10-13(16(19)20)12-8-5-9-17-15(12)18-14(10)11-6-3-2-4-7-11/h2-9H,1H3,(H,19,20). The van der Waals surface area contributed by atoms with E-state index in [4.69, 9.17) is 0 Å². The SMILES string of the molecule is Cc1c(-c2ccccc2)nc2ncccc2c1C(=O)O. The van der Waals surface area contributed by atoms with Crippen molar-refractivity contribution >= 4 is 17.0 Å². The second-order valence-electron chi connectivity index (χ2n) is 4.51. The second-order valence-corrected chi connectivity index (χ2v) is 4.51. The topological polar surface area (TPSA) is 63.1 Å². The van der Waals surface area contributed by atoms with Gasteiger partial charge in [-0.15, -0.1) is 0 Å². The highest BCUT2D eigenvalue weighted by molar-refractivity contribution is 6.04. The number of carboxylic acids is 1. The van der Waals surface area contributed by atoms with Gasteiger partial charge in [0.2, 0.25) is 0 Å². The van der Waals surface area contributed by atoms with E-state index in [1.807, 2.05) is 30.3 Å². The highest BCUT2D eigenvalue weighted by Crippen LogP contribution is 2.28. The number of fused-ring (bicyclic) bond motifs is 1. The molecule has 0 atom stereocenters.